The summed E-state index contributed by atoms with van der Waals surface area (Å²) in [7, 11) is 0. The van der Waals surface area contributed by atoms with Gasteiger partial charge in [-0.1, -0.05) is 62.4 Å². The molecule has 0 aliphatic carbocycles. The molecule has 2 heterocycles. The third-order valence-corrected chi connectivity index (χ3v) is 6.46. The molecular weight excluding hydrogens is 410 g/mol. The minimum atomic E-state index is -0.573. The minimum Gasteiger partial charge on any atom is -0.306 e. The van der Waals surface area contributed by atoms with Gasteiger partial charge in [0.25, 0.3) is 5.56 Å². The van der Waals surface area contributed by atoms with Crippen LogP contribution in [0.2, 0.25) is 0 Å². The number of aromatic nitrogens is 2. The average molecular weight is 434 g/mol. The topological polar surface area (TPSA) is 75.2 Å². The highest BCUT2D eigenvalue weighted by Crippen LogP contribution is 2.26. The molecule has 7 heteroatoms. The van der Waals surface area contributed by atoms with Crippen molar-refractivity contribution >= 4 is 33.1 Å². The molecule has 0 radical (unpaired) electrons. The van der Waals surface area contributed by atoms with E-state index in [2.05, 4.69) is 4.98 Å². The summed E-state index contributed by atoms with van der Waals surface area (Å²) in [5.74, 6) is -0.0869. The number of nitrogens with one attached hydrogen (secondary N) is 1. The van der Waals surface area contributed by atoms with Crippen LogP contribution in [0.1, 0.15) is 30.2 Å². The largest absolute Gasteiger partial charge is 0.329 e. The van der Waals surface area contributed by atoms with Crippen molar-refractivity contribution in [3.8, 4) is 0 Å². The van der Waals surface area contributed by atoms with E-state index in [4.69, 9.17) is 0 Å². The molecule has 4 aromatic rings. The van der Waals surface area contributed by atoms with Crippen LogP contribution >= 0.6 is 11.3 Å². The SMILES string of the molecule is CC(C)c1cc2c(=O)n(CC(=O)N(Cc3ccccc3)c3ccccc3)c(=O)[nH]c2s1. The second-order valence-electron chi connectivity index (χ2n) is 7.67. The van der Waals surface area contributed by atoms with E-state index in [0.717, 1.165) is 15.0 Å². The van der Waals surface area contributed by atoms with Crippen LogP contribution in [0.25, 0.3) is 10.2 Å². The Labute approximate surface area is 183 Å². The Kier molecular flexibility index (Phi) is 5.86. The first-order chi connectivity index (χ1) is 14.9. The zero-order valence-corrected chi connectivity index (χ0v) is 18.2. The predicted octanol–water partition coefficient (Wildman–Crippen LogP) is 4.11. The molecule has 0 aliphatic rings. The fourth-order valence-electron chi connectivity index (χ4n) is 3.41. The van der Waals surface area contributed by atoms with Crippen LogP contribution in [-0.2, 0) is 17.9 Å². The van der Waals surface area contributed by atoms with E-state index >= 15 is 0 Å². The molecule has 2 aromatic heterocycles. The number of benzene rings is 2. The first kappa shape index (κ1) is 20.8. The maximum Gasteiger partial charge on any atom is 0.329 e. The number of carbonyl (C=O) groups excluding carboxylic acids is 1. The molecule has 0 spiro atoms. The molecule has 4 rings (SSSR count). The van der Waals surface area contributed by atoms with Gasteiger partial charge in [0.1, 0.15) is 11.4 Å². The van der Waals surface area contributed by atoms with Crippen LogP contribution < -0.4 is 16.1 Å². The van der Waals surface area contributed by atoms with Crippen molar-refractivity contribution in [2.24, 2.45) is 0 Å². The number of H-pyrrole nitrogens is 1. The quantitative estimate of drug-likeness (QED) is 0.497. The molecule has 0 bridgehead atoms. The van der Waals surface area contributed by atoms with Crippen LogP contribution in [0.15, 0.2) is 76.3 Å². The lowest BCUT2D eigenvalue weighted by Crippen LogP contribution is -2.42. The van der Waals surface area contributed by atoms with E-state index < -0.39 is 11.2 Å². The van der Waals surface area contributed by atoms with Crippen molar-refractivity contribution in [2.45, 2.75) is 32.9 Å². The number of nitrogens with zero attached hydrogens (tertiary/aromatic N) is 2. The summed E-state index contributed by atoms with van der Waals surface area (Å²) in [6.45, 7) is 4.08. The summed E-state index contributed by atoms with van der Waals surface area (Å²) >= 11 is 1.40. The number of hydrogen-bond acceptors (Lipinski definition) is 4. The van der Waals surface area contributed by atoms with Gasteiger partial charge in [0.15, 0.2) is 0 Å². The van der Waals surface area contributed by atoms with E-state index in [-0.39, 0.29) is 18.4 Å². The molecule has 0 aliphatic heterocycles. The highest BCUT2D eigenvalue weighted by atomic mass is 32.1. The summed E-state index contributed by atoms with van der Waals surface area (Å²) in [6.07, 6.45) is 0. The van der Waals surface area contributed by atoms with Crippen molar-refractivity contribution in [3.05, 3.63) is 98.0 Å². The first-order valence-electron chi connectivity index (χ1n) is 10.1. The van der Waals surface area contributed by atoms with Crippen LogP contribution in [0.3, 0.4) is 0 Å². The average Bonchev–Trinajstić information content (AvgIpc) is 3.21. The Morgan fingerprint density at radius 1 is 1.03 bits per heavy atom. The van der Waals surface area contributed by atoms with E-state index in [1.165, 1.54) is 11.3 Å². The van der Waals surface area contributed by atoms with E-state index in [0.29, 0.717) is 22.4 Å². The Morgan fingerprint density at radius 2 is 1.68 bits per heavy atom. The molecule has 2 aromatic carbocycles. The van der Waals surface area contributed by atoms with Crippen LogP contribution in [0.4, 0.5) is 5.69 Å². The van der Waals surface area contributed by atoms with Gasteiger partial charge in [0, 0.05) is 10.6 Å². The van der Waals surface area contributed by atoms with Gasteiger partial charge in [0.2, 0.25) is 5.91 Å². The molecule has 0 saturated carbocycles. The standard InChI is InChI=1S/C24H23N3O3S/c1-16(2)20-13-19-22(31-20)25-24(30)27(23(19)29)15-21(28)26(18-11-7-4-8-12-18)14-17-9-5-3-6-10-17/h3-13,16H,14-15H2,1-2H3,(H,25,30). The molecule has 6 nitrogen and oxygen atoms in total. The maximum atomic E-state index is 13.3. The summed E-state index contributed by atoms with van der Waals surface area (Å²) in [6, 6.07) is 20.7. The van der Waals surface area contributed by atoms with Crippen LogP contribution in [0.5, 0.6) is 0 Å². The van der Waals surface area contributed by atoms with Gasteiger partial charge in [0.05, 0.1) is 11.9 Å². The Balaban J connectivity index is 1.71. The first-order valence-corrected chi connectivity index (χ1v) is 10.9. The molecule has 1 amide bonds. The monoisotopic (exact) mass is 433 g/mol. The lowest BCUT2D eigenvalue weighted by Gasteiger charge is -2.23. The third kappa shape index (κ3) is 4.36. The van der Waals surface area contributed by atoms with Gasteiger partial charge in [-0.3, -0.25) is 19.1 Å². The third-order valence-electron chi connectivity index (χ3n) is 5.11. The van der Waals surface area contributed by atoms with Crippen molar-refractivity contribution in [2.75, 3.05) is 4.90 Å². The number of carbonyl (C=O) groups is 1. The summed E-state index contributed by atoms with van der Waals surface area (Å²) in [5, 5.41) is 0.440. The Hall–Kier alpha value is -3.45. The van der Waals surface area contributed by atoms with E-state index in [9.17, 15) is 14.4 Å². The summed E-state index contributed by atoms with van der Waals surface area (Å²) in [5.41, 5.74) is 0.647. The zero-order chi connectivity index (χ0) is 22.0. The molecule has 0 fully saturated rings. The highest BCUT2D eigenvalue weighted by molar-refractivity contribution is 7.18. The molecule has 158 valence electrons. The van der Waals surface area contributed by atoms with Gasteiger partial charge in [-0.25, -0.2) is 4.79 Å². The van der Waals surface area contributed by atoms with E-state index in [1.807, 2.05) is 80.6 Å². The Bertz CT molecular complexity index is 1320. The van der Waals surface area contributed by atoms with Crippen LogP contribution in [0, 0.1) is 0 Å². The van der Waals surface area contributed by atoms with Crippen molar-refractivity contribution in [1.29, 1.82) is 0 Å². The molecule has 1 N–H and O–H groups in total. The van der Waals surface area contributed by atoms with Crippen molar-refractivity contribution in [1.82, 2.24) is 9.55 Å². The second-order valence-corrected chi connectivity index (χ2v) is 8.75. The molecule has 0 saturated heterocycles. The van der Waals surface area contributed by atoms with Gasteiger partial charge in [-0.15, -0.1) is 11.3 Å². The van der Waals surface area contributed by atoms with E-state index in [1.54, 1.807) is 4.90 Å². The number of amides is 1. The second kappa shape index (κ2) is 8.73. The number of hydrogen-bond donors (Lipinski definition) is 1. The summed E-state index contributed by atoms with van der Waals surface area (Å²) < 4.78 is 0.989. The van der Waals surface area contributed by atoms with Gasteiger partial charge in [-0.05, 0) is 29.7 Å². The normalized spacial score (nSPS) is 11.2. The van der Waals surface area contributed by atoms with Crippen molar-refractivity contribution < 1.29 is 4.79 Å². The van der Waals surface area contributed by atoms with Crippen molar-refractivity contribution in [3.63, 3.8) is 0 Å². The maximum absolute atomic E-state index is 13.3. The minimum absolute atomic E-state index is 0.245. The molecule has 0 unspecified atom stereocenters. The van der Waals surface area contributed by atoms with Gasteiger partial charge >= 0.3 is 5.69 Å². The lowest BCUT2D eigenvalue weighted by atomic mass is 10.2. The Morgan fingerprint density at radius 3 is 2.32 bits per heavy atom. The number of para-hydroxylation sites is 1. The smallest absolute Gasteiger partial charge is 0.306 e. The highest BCUT2D eigenvalue weighted by Gasteiger charge is 2.20. The molecule has 31 heavy (non-hydrogen) atoms. The zero-order valence-electron chi connectivity index (χ0n) is 17.4. The fourth-order valence-corrected chi connectivity index (χ4v) is 4.45. The number of aromatic amines is 1. The number of thiophene rings is 1. The molecular formula is C24H23N3O3S. The van der Waals surface area contributed by atoms with Gasteiger partial charge < -0.3 is 4.90 Å². The number of rotatable bonds is 6. The lowest BCUT2D eigenvalue weighted by molar-refractivity contribution is -0.119. The number of fused-ring (bicyclic) bond motifs is 1. The van der Waals surface area contributed by atoms with Gasteiger partial charge in [-0.2, -0.15) is 0 Å². The number of anilines is 1. The predicted molar refractivity (Wildman–Crippen MR) is 125 cm³/mol. The summed E-state index contributed by atoms with van der Waals surface area (Å²) in [4.78, 5) is 44.9. The molecule has 0 atom stereocenters. The van der Waals surface area contributed by atoms with Crippen LogP contribution in [-0.4, -0.2) is 15.5 Å². The fraction of sp³-hybridized carbons (Fsp3) is 0.208.